The predicted octanol–water partition coefficient (Wildman–Crippen LogP) is 3.98. The Balaban J connectivity index is 2.21. The molecule has 0 unspecified atom stereocenters. The molecule has 0 heterocycles. The molecule has 0 bridgehead atoms. The van der Waals surface area contributed by atoms with E-state index in [-0.39, 0.29) is 4.90 Å². The quantitative estimate of drug-likeness (QED) is 0.797. The highest BCUT2D eigenvalue weighted by Gasteiger charge is 2.19. The third-order valence-electron chi connectivity index (χ3n) is 2.63. The maximum atomic E-state index is 13.8. The minimum Gasteiger partial charge on any atom is -0.216 e. The number of hydrogen-bond donors (Lipinski definition) is 0. The number of allylic oxidation sites excluding steroid dienone is 2. The summed E-state index contributed by atoms with van der Waals surface area (Å²) >= 11 is 0. The largest absolute Gasteiger partial charge is 0.233 e. The molecule has 0 N–H and O–H groups in total. The zero-order valence-corrected chi connectivity index (χ0v) is 11.4. The van der Waals surface area contributed by atoms with Gasteiger partial charge in [0, 0.05) is 0 Å². The molecule has 0 atom stereocenters. The first-order chi connectivity index (χ1) is 9.60. The van der Waals surface area contributed by atoms with E-state index < -0.39 is 15.0 Å². The van der Waals surface area contributed by atoms with Crippen LogP contribution in [0.1, 0.15) is 5.56 Å². The Kier molecular flexibility index (Phi) is 4.48. The van der Waals surface area contributed by atoms with E-state index in [1.807, 2.05) is 30.3 Å². The average molecular weight is 288 g/mol. The molecule has 0 saturated heterocycles. The van der Waals surface area contributed by atoms with Gasteiger partial charge in [-0.25, -0.2) is 8.42 Å². The van der Waals surface area contributed by atoms with Gasteiger partial charge < -0.3 is 0 Å². The van der Waals surface area contributed by atoms with Crippen LogP contribution in [-0.4, -0.2) is 8.42 Å². The van der Waals surface area contributed by atoms with Gasteiger partial charge in [-0.2, -0.15) is 4.39 Å². The van der Waals surface area contributed by atoms with Gasteiger partial charge in [-0.05, 0) is 23.8 Å². The van der Waals surface area contributed by atoms with Gasteiger partial charge in [-0.15, -0.1) is 0 Å². The second-order valence-corrected chi connectivity index (χ2v) is 5.93. The molecule has 0 aliphatic carbocycles. The molecule has 0 spiro atoms. The number of benzene rings is 2. The first kappa shape index (κ1) is 14.2. The van der Waals surface area contributed by atoms with Crippen molar-refractivity contribution in [2.45, 2.75) is 4.90 Å². The second-order valence-electron chi connectivity index (χ2n) is 4.06. The van der Waals surface area contributed by atoms with E-state index in [0.717, 1.165) is 11.6 Å². The standard InChI is InChI=1S/C16H13FO2S/c17-16(13-7-10-14-8-3-1-4-9-14)20(18,19)15-11-5-2-6-12-15/h1-13H/b10-7+,16-13+. The molecule has 102 valence electrons. The first-order valence-electron chi connectivity index (χ1n) is 6.00. The summed E-state index contributed by atoms with van der Waals surface area (Å²) < 4.78 is 37.6. The molecule has 2 aromatic carbocycles. The van der Waals surface area contributed by atoms with Crippen LogP contribution < -0.4 is 0 Å². The summed E-state index contributed by atoms with van der Waals surface area (Å²) in [6.45, 7) is 0. The number of sulfone groups is 1. The maximum absolute atomic E-state index is 13.8. The molecule has 0 aliphatic heterocycles. The molecule has 2 aromatic rings. The molecular weight excluding hydrogens is 275 g/mol. The monoisotopic (exact) mass is 288 g/mol. The number of hydrogen-bond acceptors (Lipinski definition) is 2. The lowest BCUT2D eigenvalue weighted by atomic mass is 10.2. The van der Waals surface area contributed by atoms with Crippen LogP contribution in [0.4, 0.5) is 4.39 Å². The summed E-state index contributed by atoms with van der Waals surface area (Å²) in [7, 11) is -4.05. The van der Waals surface area contributed by atoms with Gasteiger partial charge >= 0.3 is 0 Å². The topological polar surface area (TPSA) is 34.1 Å². The van der Waals surface area contributed by atoms with E-state index in [0.29, 0.717) is 0 Å². The SMILES string of the molecule is O=S(=O)(/C(F)=C/C=C/c1ccccc1)c1ccccc1. The van der Waals surface area contributed by atoms with Crippen molar-refractivity contribution < 1.29 is 12.8 Å². The Morgan fingerprint density at radius 2 is 1.45 bits per heavy atom. The highest BCUT2D eigenvalue weighted by atomic mass is 32.2. The second kappa shape index (κ2) is 6.30. The molecule has 0 fully saturated rings. The summed E-state index contributed by atoms with van der Waals surface area (Å²) in [5.74, 6) is 0. The van der Waals surface area contributed by atoms with Crippen LogP contribution in [0.5, 0.6) is 0 Å². The Labute approximate surface area is 117 Å². The fraction of sp³-hybridized carbons (Fsp3) is 0. The Hall–Kier alpha value is -2.20. The summed E-state index contributed by atoms with van der Waals surface area (Å²) in [6.07, 6.45) is 3.97. The molecule has 4 heteroatoms. The van der Waals surface area contributed by atoms with Crippen molar-refractivity contribution >= 4 is 15.9 Å². The van der Waals surface area contributed by atoms with Gasteiger partial charge in [0.2, 0.25) is 15.0 Å². The minimum absolute atomic E-state index is 0.0538. The summed E-state index contributed by atoms with van der Waals surface area (Å²) in [5, 5.41) is -1.17. The van der Waals surface area contributed by atoms with Gasteiger partial charge in [-0.1, -0.05) is 60.7 Å². The Morgan fingerprint density at radius 1 is 0.900 bits per heavy atom. The van der Waals surface area contributed by atoms with Crippen molar-refractivity contribution in [1.29, 1.82) is 0 Å². The number of rotatable bonds is 4. The van der Waals surface area contributed by atoms with E-state index in [2.05, 4.69) is 0 Å². The third-order valence-corrected chi connectivity index (χ3v) is 4.17. The third kappa shape index (κ3) is 3.42. The van der Waals surface area contributed by atoms with Crippen molar-refractivity contribution in [3.05, 3.63) is 83.5 Å². The maximum Gasteiger partial charge on any atom is 0.233 e. The van der Waals surface area contributed by atoms with Crippen molar-refractivity contribution in [1.82, 2.24) is 0 Å². The molecular formula is C16H13FO2S. The van der Waals surface area contributed by atoms with Gasteiger partial charge in [-0.3, -0.25) is 0 Å². The Morgan fingerprint density at radius 3 is 2.05 bits per heavy atom. The molecule has 20 heavy (non-hydrogen) atoms. The lowest BCUT2D eigenvalue weighted by Gasteiger charge is -2.00. The highest BCUT2D eigenvalue weighted by Crippen LogP contribution is 2.19. The summed E-state index contributed by atoms with van der Waals surface area (Å²) in [5.41, 5.74) is 0.869. The molecule has 0 aliphatic rings. The van der Waals surface area contributed by atoms with E-state index in [1.54, 1.807) is 24.3 Å². The van der Waals surface area contributed by atoms with Gasteiger partial charge in [0.1, 0.15) is 0 Å². The van der Waals surface area contributed by atoms with Crippen LogP contribution in [0.15, 0.2) is 82.9 Å². The van der Waals surface area contributed by atoms with Crippen LogP contribution in [0.3, 0.4) is 0 Å². The van der Waals surface area contributed by atoms with Gasteiger partial charge in [0.15, 0.2) is 0 Å². The van der Waals surface area contributed by atoms with Crippen LogP contribution in [0, 0.1) is 0 Å². The van der Waals surface area contributed by atoms with E-state index in [1.165, 1.54) is 18.2 Å². The summed E-state index contributed by atoms with van der Waals surface area (Å²) in [4.78, 5) is -0.0538. The van der Waals surface area contributed by atoms with Crippen molar-refractivity contribution in [2.24, 2.45) is 0 Å². The highest BCUT2D eigenvalue weighted by molar-refractivity contribution is 7.95. The molecule has 2 rings (SSSR count). The van der Waals surface area contributed by atoms with Crippen molar-refractivity contribution in [2.75, 3.05) is 0 Å². The summed E-state index contributed by atoms with van der Waals surface area (Å²) in [6, 6.07) is 16.8. The number of halogens is 1. The molecule has 0 radical (unpaired) electrons. The van der Waals surface area contributed by atoms with Crippen molar-refractivity contribution in [3.63, 3.8) is 0 Å². The van der Waals surface area contributed by atoms with Gasteiger partial charge in [0.25, 0.3) is 0 Å². The van der Waals surface area contributed by atoms with E-state index in [4.69, 9.17) is 0 Å². The zero-order chi connectivity index (χ0) is 14.4. The van der Waals surface area contributed by atoms with Crippen LogP contribution in [-0.2, 0) is 9.84 Å². The van der Waals surface area contributed by atoms with E-state index >= 15 is 0 Å². The lowest BCUT2D eigenvalue weighted by Crippen LogP contribution is -2.00. The normalized spacial score (nSPS) is 12.8. The predicted molar refractivity (Wildman–Crippen MR) is 78.3 cm³/mol. The molecule has 0 aromatic heterocycles. The van der Waals surface area contributed by atoms with Crippen LogP contribution in [0.25, 0.3) is 6.08 Å². The molecule has 0 saturated carbocycles. The molecule has 0 amide bonds. The van der Waals surface area contributed by atoms with Crippen LogP contribution in [0.2, 0.25) is 0 Å². The average Bonchev–Trinajstić information content (AvgIpc) is 2.49. The van der Waals surface area contributed by atoms with Crippen molar-refractivity contribution in [3.8, 4) is 0 Å². The van der Waals surface area contributed by atoms with Crippen LogP contribution >= 0.6 is 0 Å². The minimum atomic E-state index is -4.05. The lowest BCUT2D eigenvalue weighted by molar-refractivity contribution is 0.577. The first-order valence-corrected chi connectivity index (χ1v) is 7.48. The Bertz CT molecular complexity index is 718. The van der Waals surface area contributed by atoms with Gasteiger partial charge in [0.05, 0.1) is 4.90 Å². The zero-order valence-electron chi connectivity index (χ0n) is 10.6. The smallest absolute Gasteiger partial charge is 0.216 e. The van der Waals surface area contributed by atoms with E-state index in [9.17, 15) is 12.8 Å². The fourth-order valence-electron chi connectivity index (χ4n) is 1.60. The molecule has 2 nitrogen and oxygen atoms in total. The fourth-order valence-corrected chi connectivity index (χ4v) is 2.60.